The third-order valence-corrected chi connectivity index (χ3v) is 2.91. The number of benzene rings is 1. The number of carboxylic acids is 2. The van der Waals surface area contributed by atoms with Crippen molar-refractivity contribution < 1.29 is 38.9 Å². The van der Waals surface area contributed by atoms with Crippen molar-refractivity contribution in [3.8, 4) is 0 Å². The Morgan fingerprint density at radius 2 is 1.29 bits per heavy atom. The molecule has 24 heavy (non-hydrogen) atoms. The Bertz CT molecular complexity index is 559. The summed E-state index contributed by atoms with van der Waals surface area (Å²) in [5, 5.41) is 16.3. The molecule has 0 saturated heterocycles. The fourth-order valence-corrected chi connectivity index (χ4v) is 1.76. The van der Waals surface area contributed by atoms with Crippen molar-refractivity contribution in [3.05, 3.63) is 35.4 Å². The van der Waals surface area contributed by atoms with Gasteiger partial charge in [0.1, 0.15) is 13.2 Å². The van der Waals surface area contributed by atoms with Crippen LogP contribution in [-0.2, 0) is 19.1 Å². The average molecular weight is 338 g/mol. The van der Waals surface area contributed by atoms with Gasteiger partial charge in [0.2, 0.25) is 0 Å². The van der Waals surface area contributed by atoms with Gasteiger partial charge in [-0.25, -0.2) is 9.59 Å². The molecule has 2 N–H and O–H groups in total. The van der Waals surface area contributed by atoms with E-state index in [1.54, 1.807) is 18.2 Å². The summed E-state index contributed by atoms with van der Waals surface area (Å²) in [6.07, 6.45) is 1.02. The molecule has 1 aliphatic heterocycles. The molecule has 2 bridgehead atoms. The van der Waals surface area contributed by atoms with E-state index in [2.05, 4.69) is 0 Å². The third kappa shape index (κ3) is 7.39. The lowest BCUT2D eigenvalue weighted by Gasteiger charge is -2.01. The Balaban J connectivity index is 0.000000257. The van der Waals surface area contributed by atoms with Gasteiger partial charge in [0.05, 0.1) is 11.1 Å². The Morgan fingerprint density at radius 3 is 1.67 bits per heavy atom. The highest BCUT2D eigenvalue weighted by Gasteiger charge is 2.15. The fraction of sp³-hybridized carbons (Fsp3) is 0.375. The minimum Gasteiger partial charge on any atom is -0.481 e. The minimum absolute atomic E-state index is 0.0628. The number of hydrogen-bond acceptors (Lipinski definition) is 6. The number of hydrogen-bond donors (Lipinski definition) is 2. The van der Waals surface area contributed by atoms with Crippen LogP contribution in [-0.4, -0.2) is 47.3 Å². The van der Waals surface area contributed by atoms with Crippen molar-refractivity contribution in [2.75, 3.05) is 13.2 Å². The van der Waals surface area contributed by atoms with E-state index in [1.807, 2.05) is 0 Å². The summed E-state index contributed by atoms with van der Waals surface area (Å²) in [4.78, 5) is 42.4. The number of ether oxygens (including phenoxy) is 2. The summed E-state index contributed by atoms with van der Waals surface area (Å²) in [6.45, 7) is 0.200. The summed E-state index contributed by atoms with van der Waals surface area (Å²) in [5.74, 6) is -2.59. The second kappa shape index (κ2) is 9.98. The van der Waals surface area contributed by atoms with Crippen LogP contribution in [0.4, 0.5) is 0 Å². The Labute approximate surface area is 138 Å². The smallest absolute Gasteiger partial charge is 0.338 e. The highest BCUT2D eigenvalue weighted by atomic mass is 16.6. The zero-order valence-corrected chi connectivity index (χ0v) is 12.9. The lowest BCUT2D eigenvalue weighted by molar-refractivity contribution is -0.139. The summed E-state index contributed by atoms with van der Waals surface area (Å²) in [6, 6.07) is 6.30. The first-order valence-corrected chi connectivity index (χ1v) is 7.28. The number of rotatable bonds is 5. The first kappa shape index (κ1) is 19.1. The maximum atomic E-state index is 11.3. The quantitative estimate of drug-likeness (QED) is 0.614. The molecule has 8 nitrogen and oxygen atoms in total. The van der Waals surface area contributed by atoms with Crippen LogP contribution in [0.15, 0.2) is 24.3 Å². The van der Waals surface area contributed by atoms with Crippen LogP contribution in [0.5, 0.6) is 0 Å². The van der Waals surface area contributed by atoms with Gasteiger partial charge in [-0.15, -0.1) is 0 Å². The molecule has 0 saturated carbocycles. The molecule has 0 spiro atoms. The summed E-state index contributed by atoms with van der Waals surface area (Å²) in [7, 11) is 0. The van der Waals surface area contributed by atoms with E-state index in [9.17, 15) is 19.2 Å². The topological polar surface area (TPSA) is 127 Å². The standard InChI is InChI=1S/C10H8O4.C6H10O4/c11-9-7-2-1-3-8(6-7)10(12)14-5-4-13-9;7-5(8)3-1-2-4-6(9)10/h1-3,6H,4-5H2;1-4H2,(H,7,8)(H,9,10). The zero-order valence-electron chi connectivity index (χ0n) is 12.9. The van der Waals surface area contributed by atoms with Crippen LogP contribution in [0.25, 0.3) is 0 Å². The second-order valence-corrected chi connectivity index (χ2v) is 4.85. The number of cyclic esters (lactones) is 2. The molecule has 1 aliphatic rings. The van der Waals surface area contributed by atoms with Gasteiger partial charge < -0.3 is 19.7 Å². The first-order chi connectivity index (χ1) is 11.4. The van der Waals surface area contributed by atoms with Crippen LogP contribution < -0.4 is 0 Å². The summed E-state index contributed by atoms with van der Waals surface area (Å²) in [5.41, 5.74) is 0.753. The van der Waals surface area contributed by atoms with Gasteiger partial charge in [0.15, 0.2) is 0 Å². The number of carbonyl (C=O) groups excluding carboxylic acids is 2. The van der Waals surface area contributed by atoms with Crippen molar-refractivity contribution in [1.29, 1.82) is 0 Å². The van der Waals surface area contributed by atoms with Crippen molar-refractivity contribution in [2.45, 2.75) is 25.7 Å². The second-order valence-electron chi connectivity index (χ2n) is 4.85. The predicted molar refractivity (Wildman–Crippen MR) is 80.7 cm³/mol. The van der Waals surface area contributed by atoms with Gasteiger partial charge in [-0.05, 0) is 31.0 Å². The van der Waals surface area contributed by atoms with E-state index < -0.39 is 23.9 Å². The molecule has 0 atom stereocenters. The highest BCUT2D eigenvalue weighted by molar-refractivity contribution is 5.95. The van der Waals surface area contributed by atoms with Gasteiger partial charge in [-0.1, -0.05) is 6.07 Å². The van der Waals surface area contributed by atoms with E-state index in [4.69, 9.17) is 19.7 Å². The van der Waals surface area contributed by atoms with Gasteiger partial charge in [-0.2, -0.15) is 0 Å². The SMILES string of the molecule is O=C(O)CCCCC(=O)O.O=C1OCCOC(=O)c2cccc1c2. The molecule has 1 aromatic carbocycles. The van der Waals surface area contributed by atoms with Crippen molar-refractivity contribution in [1.82, 2.24) is 0 Å². The molecular formula is C16H18O8. The molecule has 0 unspecified atom stereocenters. The Morgan fingerprint density at radius 1 is 0.875 bits per heavy atom. The van der Waals surface area contributed by atoms with Crippen molar-refractivity contribution in [2.24, 2.45) is 0 Å². The number of unbranched alkanes of at least 4 members (excludes halogenated alkanes) is 1. The van der Waals surface area contributed by atoms with Crippen LogP contribution in [0.3, 0.4) is 0 Å². The van der Waals surface area contributed by atoms with Crippen LogP contribution in [0.1, 0.15) is 46.4 Å². The monoisotopic (exact) mass is 338 g/mol. The van der Waals surface area contributed by atoms with E-state index >= 15 is 0 Å². The molecule has 0 radical (unpaired) electrons. The number of carbonyl (C=O) groups is 4. The summed E-state index contributed by atoms with van der Waals surface area (Å²) < 4.78 is 9.67. The van der Waals surface area contributed by atoms with Gasteiger partial charge in [0.25, 0.3) is 0 Å². The van der Waals surface area contributed by atoms with Crippen molar-refractivity contribution in [3.63, 3.8) is 0 Å². The zero-order chi connectivity index (χ0) is 17.9. The van der Waals surface area contributed by atoms with Crippen LogP contribution in [0.2, 0.25) is 0 Å². The maximum absolute atomic E-state index is 11.3. The molecule has 0 fully saturated rings. The largest absolute Gasteiger partial charge is 0.481 e. The Kier molecular flexibility index (Phi) is 7.97. The minimum atomic E-state index is -0.870. The summed E-state index contributed by atoms with van der Waals surface area (Å²) >= 11 is 0. The van der Waals surface area contributed by atoms with E-state index in [1.165, 1.54) is 6.07 Å². The van der Waals surface area contributed by atoms with Gasteiger partial charge in [0, 0.05) is 12.8 Å². The highest BCUT2D eigenvalue weighted by Crippen LogP contribution is 2.10. The average Bonchev–Trinajstić information content (AvgIpc) is 2.58. The molecule has 0 amide bonds. The normalized spacial score (nSPS) is 13.2. The molecule has 0 aromatic heterocycles. The fourth-order valence-electron chi connectivity index (χ4n) is 1.76. The van der Waals surface area contributed by atoms with E-state index in [0.29, 0.717) is 24.0 Å². The van der Waals surface area contributed by atoms with Crippen LogP contribution >= 0.6 is 0 Å². The molecule has 1 heterocycles. The Hall–Kier alpha value is -2.90. The first-order valence-electron chi connectivity index (χ1n) is 7.28. The predicted octanol–water partition coefficient (Wildman–Crippen LogP) is 1.73. The van der Waals surface area contributed by atoms with Gasteiger partial charge in [-0.3, -0.25) is 9.59 Å². The molecule has 1 aromatic rings. The van der Waals surface area contributed by atoms with E-state index in [0.717, 1.165) is 0 Å². The molecule has 0 aliphatic carbocycles. The van der Waals surface area contributed by atoms with Gasteiger partial charge >= 0.3 is 23.9 Å². The molecule has 2 rings (SSSR count). The number of aliphatic carboxylic acids is 2. The molecule has 130 valence electrons. The lowest BCUT2D eigenvalue weighted by atomic mass is 10.1. The van der Waals surface area contributed by atoms with Crippen LogP contribution in [0, 0.1) is 0 Å². The maximum Gasteiger partial charge on any atom is 0.338 e. The van der Waals surface area contributed by atoms with Crippen molar-refractivity contribution >= 4 is 23.9 Å². The lowest BCUT2D eigenvalue weighted by Crippen LogP contribution is -2.10. The number of esters is 2. The number of carboxylic acid groups (broad SMARTS) is 2. The number of fused-ring (bicyclic) bond motifs is 2. The molecule has 8 heteroatoms. The molecular weight excluding hydrogens is 320 g/mol. The van der Waals surface area contributed by atoms with E-state index in [-0.39, 0.29) is 26.1 Å². The third-order valence-electron chi connectivity index (χ3n) is 2.91.